The molecule has 0 spiro atoms. The minimum absolute atomic E-state index is 0.311. The van der Waals surface area contributed by atoms with Gasteiger partial charge in [-0.05, 0) is 25.3 Å². The summed E-state index contributed by atoms with van der Waals surface area (Å²) in [6.07, 6.45) is 13.7. The van der Waals surface area contributed by atoms with Crippen molar-refractivity contribution >= 4 is 0 Å². The lowest BCUT2D eigenvalue weighted by Gasteiger charge is -2.14. The molecule has 1 aliphatic rings. The van der Waals surface area contributed by atoms with Crippen LogP contribution in [0.5, 0.6) is 0 Å². The average Bonchev–Trinajstić information content (AvgIpc) is 2.64. The Labute approximate surface area is 82.3 Å². The summed E-state index contributed by atoms with van der Waals surface area (Å²) in [5.74, 6) is 3.78. The molecule has 1 atom stereocenters. The van der Waals surface area contributed by atoms with Crippen molar-refractivity contribution in [2.75, 3.05) is 6.54 Å². The Bertz CT molecular complexity index is 162. The summed E-state index contributed by atoms with van der Waals surface area (Å²) in [5.41, 5.74) is 0. The zero-order valence-corrected chi connectivity index (χ0v) is 8.68. The van der Waals surface area contributed by atoms with Gasteiger partial charge in [0, 0.05) is 0 Å². The maximum atomic E-state index is 5.43. The Morgan fingerprint density at radius 2 is 2.15 bits per heavy atom. The molecule has 1 unspecified atom stereocenters. The largest absolute Gasteiger partial charge is 0.304 e. The van der Waals surface area contributed by atoms with Crippen LogP contribution < -0.4 is 5.32 Å². The minimum atomic E-state index is 0.311. The molecule has 0 aromatic rings. The molecular weight excluding hydrogens is 158 g/mol. The Balaban J connectivity index is 2.12. The van der Waals surface area contributed by atoms with Gasteiger partial charge < -0.3 is 5.32 Å². The fourth-order valence-electron chi connectivity index (χ4n) is 2.19. The number of hydrogen-bond donors (Lipinski definition) is 1. The molecule has 13 heavy (non-hydrogen) atoms. The maximum Gasteiger partial charge on any atom is 0.0686 e. The summed E-state index contributed by atoms with van der Waals surface area (Å²) < 4.78 is 0. The Morgan fingerprint density at radius 3 is 2.69 bits per heavy atom. The predicted molar refractivity (Wildman–Crippen MR) is 57.5 cm³/mol. The summed E-state index contributed by atoms with van der Waals surface area (Å²) in [7, 11) is 0. The topological polar surface area (TPSA) is 12.0 Å². The maximum absolute atomic E-state index is 5.43. The van der Waals surface area contributed by atoms with Gasteiger partial charge in [0.15, 0.2) is 0 Å². The zero-order valence-electron chi connectivity index (χ0n) is 8.68. The van der Waals surface area contributed by atoms with Gasteiger partial charge in [-0.1, -0.05) is 38.5 Å². The monoisotopic (exact) mass is 179 g/mol. The molecule has 0 heterocycles. The lowest BCUT2D eigenvalue weighted by molar-refractivity contribution is 0.448. The van der Waals surface area contributed by atoms with E-state index in [1.54, 1.807) is 0 Å². The van der Waals surface area contributed by atoms with E-state index in [9.17, 15) is 0 Å². The van der Waals surface area contributed by atoms with Crippen LogP contribution in [0.2, 0.25) is 0 Å². The van der Waals surface area contributed by atoms with Crippen molar-refractivity contribution in [2.45, 2.75) is 51.5 Å². The summed E-state index contributed by atoms with van der Waals surface area (Å²) in [5, 5.41) is 3.32. The van der Waals surface area contributed by atoms with Crippen LogP contribution in [0.25, 0.3) is 0 Å². The van der Waals surface area contributed by atoms with Crippen molar-refractivity contribution in [3.8, 4) is 12.3 Å². The highest BCUT2D eigenvalue weighted by atomic mass is 14.9. The molecule has 1 rings (SSSR count). The van der Waals surface area contributed by atoms with Crippen LogP contribution in [-0.2, 0) is 0 Å². The summed E-state index contributed by atoms with van der Waals surface area (Å²) >= 11 is 0. The van der Waals surface area contributed by atoms with Crippen molar-refractivity contribution in [2.24, 2.45) is 5.92 Å². The number of nitrogens with one attached hydrogen (secondary N) is 1. The molecule has 1 heteroatoms. The molecule has 0 aromatic carbocycles. The van der Waals surface area contributed by atoms with E-state index < -0.39 is 0 Å². The Hall–Kier alpha value is -0.480. The standard InChI is InChI=1S/C12H21N/c1-3-12(13-4-2)10-9-11-7-5-6-8-11/h1,11-13H,4-10H2,2H3. The third-order valence-corrected chi connectivity index (χ3v) is 2.99. The van der Waals surface area contributed by atoms with Crippen LogP contribution in [0.1, 0.15) is 45.4 Å². The highest BCUT2D eigenvalue weighted by Gasteiger charge is 2.15. The number of terminal acetylenes is 1. The molecule has 0 bridgehead atoms. The molecule has 1 aliphatic carbocycles. The van der Waals surface area contributed by atoms with Crippen molar-refractivity contribution in [3.05, 3.63) is 0 Å². The first-order valence-corrected chi connectivity index (χ1v) is 5.56. The van der Waals surface area contributed by atoms with Crippen LogP contribution in [0, 0.1) is 18.3 Å². The molecule has 1 saturated carbocycles. The second kappa shape index (κ2) is 6.05. The summed E-state index contributed by atoms with van der Waals surface area (Å²) in [4.78, 5) is 0. The third-order valence-electron chi connectivity index (χ3n) is 2.99. The molecule has 74 valence electrons. The van der Waals surface area contributed by atoms with E-state index in [1.165, 1.54) is 32.1 Å². The lowest BCUT2D eigenvalue weighted by Crippen LogP contribution is -2.27. The van der Waals surface area contributed by atoms with Crippen molar-refractivity contribution < 1.29 is 0 Å². The Kier molecular flexibility index (Phi) is 4.93. The summed E-state index contributed by atoms with van der Waals surface area (Å²) in [6, 6.07) is 0.311. The van der Waals surface area contributed by atoms with Crippen LogP contribution in [0.3, 0.4) is 0 Å². The normalized spacial score (nSPS) is 20.0. The van der Waals surface area contributed by atoms with Gasteiger partial charge in [-0.3, -0.25) is 0 Å². The quantitative estimate of drug-likeness (QED) is 0.640. The molecule has 0 saturated heterocycles. The third kappa shape index (κ3) is 3.83. The Morgan fingerprint density at radius 1 is 1.46 bits per heavy atom. The molecule has 0 aliphatic heterocycles. The van der Waals surface area contributed by atoms with E-state index in [-0.39, 0.29) is 0 Å². The van der Waals surface area contributed by atoms with E-state index in [4.69, 9.17) is 6.42 Å². The van der Waals surface area contributed by atoms with E-state index >= 15 is 0 Å². The van der Waals surface area contributed by atoms with Crippen LogP contribution in [0.4, 0.5) is 0 Å². The number of hydrogen-bond acceptors (Lipinski definition) is 1. The fourth-order valence-corrected chi connectivity index (χ4v) is 2.19. The molecule has 1 N–H and O–H groups in total. The van der Waals surface area contributed by atoms with Gasteiger partial charge in [-0.25, -0.2) is 0 Å². The SMILES string of the molecule is C#CC(CCC1CCCC1)NCC. The molecule has 1 fully saturated rings. The van der Waals surface area contributed by atoms with Crippen LogP contribution in [0.15, 0.2) is 0 Å². The first-order chi connectivity index (χ1) is 6.36. The first-order valence-electron chi connectivity index (χ1n) is 5.56. The van der Waals surface area contributed by atoms with Gasteiger partial charge in [0.1, 0.15) is 0 Å². The smallest absolute Gasteiger partial charge is 0.0686 e. The second-order valence-electron chi connectivity index (χ2n) is 4.00. The van der Waals surface area contributed by atoms with E-state index in [0.717, 1.165) is 18.9 Å². The first kappa shape index (κ1) is 10.6. The minimum Gasteiger partial charge on any atom is -0.304 e. The van der Waals surface area contributed by atoms with E-state index in [2.05, 4.69) is 18.2 Å². The summed E-state index contributed by atoms with van der Waals surface area (Å²) in [6.45, 7) is 3.10. The fraction of sp³-hybridized carbons (Fsp3) is 0.833. The van der Waals surface area contributed by atoms with Gasteiger partial charge in [0.05, 0.1) is 6.04 Å². The van der Waals surface area contributed by atoms with E-state index in [0.29, 0.717) is 6.04 Å². The van der Waals surface area contributed by atoms with Gasteiger partial charge in [-0.15, -0.1) is 6.42 Å². The molecule has 0 radical (unpaired) electrons. The van der Waals surface area contributed by atoms with Crippen LogP contribution >= 0.6 is 0 Å². The van der Waals surface area contributed by atoms with Gasteiger partial charge in [0.25, 0.3) is 0 Å². The van der Waals surface area contributed by atoms with Gasteiger partial charge in [-0.2, -0.15) is 0 Å². The molecule has 0 aromatic heterocycles. The van der Waals surface area contributed by atoms with Gasteiger partial charge in [0.2, 0.25) is 0 Å². The zero-order chi connectivity index (χ0) is 9.52. The highest BCUT2D eigenvalue weighted by molar-refractivity contribution is 4.98. The second-order valence-corrected chi connectivity index (χ2v) is 4.00. The van der Waals surface area contributed by atoms with Crippen LogP contribution in [-0.4, -0.2) is 12.6 Å². The van der Waals surface area contributed by atoms with Crippen molar-refractivity contribution in [1.82, 2.24) is 5.32 Å². The van der Waals surface area contributed by atoms with Crippen molar-refractivity contribution in [1.29, 1.82) is 0 Å². The number of rotatable bonds is 5. The predicted octanol–water partition coefficient (Wildman–Crippen LogP) is 2.57. The molecule has 1 nitrogen and oxygen atoms in total. The highest BCUT2D eigenvalue weighted by Crippen LogP contribution is 2.28. The van der Waals surface area contributed by atoms with Gasteiger partial charge >= 0.3 is 0 Å². The molecular formula is C12H21N. The average molecular weight is 179 g/mol. The molecule has 0 amide bonds. The van der Waals surface area contributed by atoms with E-state index in [1.807, 2.05) is 0 Å². The lowest BCUT2D eigenvalue weighted by atomic mass is 9.99. The van der Waals surface area contributed by atoms with Crippen molar-refractivity contribution in [3.63, 3.8) is 0 Å².